The average Bonchev–Trinajstić information content (AvgIpc) is 3.14. The Hall–Kier alpha value is -3.59. The summed E-state index contributed by atoms with van der Waals surface area (Å²) >= 11 is 0. The highest BCUT2D eigenvalue weighted by Crippen LogP contribution is 2.31. The number of carbonyl (C=O) groups excluding carboxylic acids is 1. The number of aromatic nitrogens is 1. The first kappa shape index (κ1) is 23.6. The Kier molecular flexibility index (Phi) is 7.02. The lowest BCUT2D eigenvalue weighted by Gasteiger charge is -2.19. The smallest absolute Gasteiger partial charge is 0.242 e. The van der Waals surface area contributed by atoms with E-state index in [4.69, 9.17) is 14.2 Å². The van der Waals surface area contributed by atoms with Crippen molar-refractivity contribution in [1.29, 1.82) is 0 Å². The number of hydrogen-bond donors (Lipinski definition) is 1. The molecule has 1 amide bonds. The molecule has 1 aliphatic carbocycles. The molecule has 2 aliphatic rings. The van der Waals surface area contributed by atoms with Gasteiger partial charge in [0.1, 0.15) is 22.9 Å². The van der Waals surface area contributed by atoms with Crippen LogP contribution in [0.15, 0.2) is 78.6 Å². The number of ether oxygens (including phenoxy) is 3. The molecule has 1 unspecified atom stereocenters. The first-order valence-corrected chi connectivity index (χ1v) is 12.4. The number of benzene rings is 1. The van der Waals surface area contributed by atoms with Crippen LogP contribution in [0, 0.1) is 0 Å². The third-order valence-corrected chi connectivity index (χ3v) is 7.28. The third-order valence-electron chi connectivity index (χ3n) is 5.58. The Morgan fingerprint density at radius 1 is 1.12 bits per heavy atom. The van der Waals surface area contributed by atoms with E-state index in [0.717, 1.165) is 5.57 Å². The Bertz CT molecular complexity index is 1230. The molecule has 1 aromatic carbocycles. The average molecular weight is 483 g/mol. The predicted octanol–water partition coefficient (Wildman–Crippen LogP) is 3.99. The minimum atomic E-state index is -3.67. The summed E-state index contributed by atoms with van der Waals surface area (Å²) in [6, 6.07) is 12.2. The lowest BCUT2D eigenvalue weighted by molar-refractivity contribution is -0.118. The number of pyridine rings is 1. The molecule has 1 aliphatic heterocycles. The van der Waals surface area contributed by atoms with Gasteiger partial charge >= 0.3 is 0 Å². The minimum absolute atomic E-state index is 0.0687. The molecule has 8 nitrogen and oxygen atoms in total. The van der Waals surface area contributed by atoms with Gasteiger partial charge in [-0.25, -0.2) is 8.42 Å². The van der Waals surface area contributed by atoms with Gasteiger partial charge in [0.2, 0.25) is 27.7 Å². The molecule has 1 saturated heterocycles. The second-order valence-corrected chi connectivity index (χ2v) is 9.89. The molecule has 0 spiro atoms. The van der Waals surface area contributed by atoms with E-state index in [0.29, 0.717) is 48.1 Å². The van der Waals surface area contributed by atoms with Crippen molar-refractivity contribution < 1.29 is 27.4 Å². The number of amides is 1. The summed E-state index contributed by atoms with van der Waals surface area (Å²) in [5.74, 6) is 1.67. The van der Waals surface area contributed by atoms with Gasteiger partial charge in [-0.1, -0.05) is 36.9 Å². The highest BCUT2D eigenvalue weighted by molar-refractivity contribution is 7.90. The Labute approximate surface area is 199 Å². The van der Waals surface area contributed by atoms with E-state index in [2.05, 4.69) is 11.6 Å². The number of sulfonamides is 1. The van der Waals surface area contributed by atoms with E-state index in [1.54, 1.807) is 49.6 Å². The first-order valence-electron chi connectivity index (χ1n) is 10.9. The molecule has 2 heterocycles. The topological polar surface area (TPSA) is 104 Å². The van der Waals surface area contributed by atoms with Gasteiger partial charge in [-0.05, 0) is 42.2 Å². The third kappa shape index (κ3) is 5.66. The van der Waals surface area contributed by atoms with Crippen LogP contribution < -0.4 is 18.9 Å². The van der Waals surface area contributed by atoms with Crippen molar-refractivity contribution in [2.75, 3.05) is 7.11 Å². The maximum atomic E-state index is 12.1. The normalized spacial score (nSPS) is 23.0. The zero-order chi connectivity index (χ0) is 24.1. The molecule has 4 rings (SSSR count). The molecule has 1 fully saturated rings. The molecular formula is C25H26N2O6S. The van der Waals surface area contributed by atoms with Gasteiger partial charge in [-0.2, -0.15) is 4.98 Å². The number of nitrogens with zero attached hydrogens (tertiary/aromatic N) is 1. The van der Waals surface area contributed by atoms with Crippen LogP contribution in [0.3, 0.4) is 0 Å². The van der Waals surface area contributed by atoms with Gasteiger partial charge in [0, 0.05) is 18.6 Å². The van der Waals surface area contributed by atoms with Crippen molar-refractivity contribution in [3.63, 3.8) is 0 Å². The van der Waals surface area contributed by atoms with Gasteiger partial charge < -0.3 is 14.2 Å². The first-order chi connectivity index (χ1) is 16.3. The molecule has 9 heteroatoms. The highest BCUT2D eigenvalue weighted by Gasteiger charge is 2.37. The molecule has 0 radical (unpaired) electrons. The van der Waals surface area contributed by atoms with Gasteiger partial charge in [-0.3, -0.25) is 9.52 Å². The molecule has 2 aromatic rings. The number of rotatable bonds is 6. The summed E-state index contributed by atoms with van der Waals surface area (Å²) in [5.41, 5.74) is 1.38. The molecule has 2 atom stereocenters. The van der Waals surface area contributed by atoms with Crippen molar-refractivity contribution in [2.45, 2.75) is 37.0 Å². The standard InChI is InChI=1S/C25H26N2O6S/c1-17-10-13-19(6-3-4-7-21(17)33-25-9-5-8-24(26-25)31-2)32-20-14-11-18(12-15-20)22-16-23(28)27-34(22,29)30/h3-5,7-9,11-12,14-15,19,22H,1,6,10,13,16H2,2H3,(H,27,28)/b4-3-,21-7?/t19-,22?/m0/s1. The number of allylic oxidation sites excluding steroid dienone is 3. The fourth-order valence-corrected chi connectivity index (χ4v) is 5.20. The van der Waals surface area contributed by atoms with E-state index in [-0.39, 0.29) is 12.5 Å². The molecule has 1 aromatic heterocycles. The maximum Gasteiger partial charge on any atom is 0.242 e. The number of nitrogens with one attached hydrogen (secondary N) is 1. The fraction of sp³-hybridized carbons (Fsp3) is 0.280. The van der Waals surface area contributed by atoms with E-state index in [9.17, 15) is 13.2 Å². The van der Waals surface area contributed by atoms with E-state index in [1.807, 2.05) is 23.0 Å². The molecule has 0 saturated carbocycles. The summed E-state index contributed by atoms with van der Waals surface area (Å²) < 4.78 is 43.4. The molecular weight excluding hydrogens is 456 g/mol. The van der Waals surface area contributed by atoms with Crippen molar-refractivity contribution >= 4 is 15.9 Å². The van der Waals surface area contributed by atoms with Gasteiger partial charge in [-0.15, -0.1) is 0 Å². The van der Waals surface area contributed by atoms with Crippen molar-refractivity contribution in [3.05, 3.63) is 84.2 Å². The van der Waals surface area contributed by atoms with Gasteiger partial charge in [0.05, 0.1) is 13.5 Å². The maximum absolute atomic E-state index is 12.1. The monoisotopic (exact) mass is 482 g/mol. The minimum Gasteiger partial charge on any atom is -0.490 e. The van der Waals surface area contributed by atoms with Crippen molar-refractivity contribution in [1.82, 2.24) is 9.71 Å². The van der Waals surface area contributed by atoms with Crippen LogP contribution in [0.2, 0.25) is 0 Å². The number of hydrogen-bond acceptors (Lipinski definition) is 7. The number of carbonyl (C=O) groups is 1. The number of methoxy groups -OCH3 is 1. The van der Waals surface area contributed by atoms with Crippen LogP contribution >= 0.6 is 0 Å². The molecule has 34 heavy (non-hydrogen) atoms. The Balaban J connectivity index is 1.38. The molecule has 1 N–H and O–H groups in total. The second kappa shape index (κ2) is 10.1. The fourth-order valence-electron chi connectivity index (χ4n) is 3.77. The lowest BCUT2D eigenvalue weighted by Crippen LogP contribution is -2.21. The largest absolute Gasteiger partial charge is 0.490 e. The summed E-state index contributed by atoms with van der Waals surface area (Å²) in [5, 5.41) is -0.867. The van der Waals surface area contributed by atoms with Crippen LogP contribution in [-0.2, 0) is 14.8 Å². The summed E-state index contributed by atoms with van der Waals surface area (Å²) in [7, 11) is -2.12. The summed E-state index contributed by atoms with van der Waals surface area (Å²) in [6.07, 6.45) is 7.66. The quantitative estimate of drug-likeness (QED) is 0.664. The Morgan fingerprint density at radius 2 is 1.88 bits per heavy atom. The SMILES string of the molecule is C=C1CC[C@@H](Oc2ccc(C3CC(=O)NS3(=O)=O)cc2)C/C=C\C=C1Oc1cccc(OC)n1. The zero-order valence-corrected chi connectivity index (χ0v) is 19.6. The zero-order valence-electron chi connectivity index (χ0n) is 18.8. The van der Waals surface area contributed by atoms with E-state index < -0.39 is 21.2 Å². The van der Waals surface area contributed by atoms with Crippen LogP contribution in [0.25, 0.3) is 0 Å². The summed E-state index contributed by atoms with van der Waals surface area (Å²) in [4.78, 5) is 15.8. The van der Waals surface area contributed by atoms with Crippen LogP contribution in [0.5, 0.6) is 17.5 Å². The van der Waals surface area contributed by atoms with Crippen LogP contribution in [-0.4, -0.2) is 32.5 Å². The van der Waals surface area contributed by atoms with Gasteiger partial charge in [0.25, 0.3) is 0 Å². The second-order valence-electron chi connectivity index (χ2n) is 8.03. The Morgan fingerprint density at radius 3 is 2.59 bits per heavy atom. The van der Waals surface area contributed by atoms with Crippen molar-refractivity contribution in [2.24, 2.45) is 0 Å². The van der Waals surface area contributed by atoms with E-state index in [1.165, 1.54) is 0 Å². The predicted molar refractivity (Wildman–Crippen MR) is 127 cm³/mol. The van der Waals surface area contributed by atoms with E-state index >= 15 is 0 Å². The summed E-state index contributed by atoms with van der Waals surface area (Å²) in [6.45, 7) is 4.16. The molecule has 0 bridgehead atoms. The highest BCUT2D eigenvalue weighted by atomic mass is 32.2. The van der Waals surface area contributed by atoms with Crippen molar-refractivity contribution in [3.8, 4) is 17.5 Å². The molecule has 178 valence electrons. The van der Waals surface area contributed by atoms with Gasteiger partial charge in [0.15, 0.2) is 0 Å². The lowest BCUT2D eigenvalue weighted by atomic mass is 10.1. The van der Waals surface area contributed by atoms with Crippen LogP contribution in [0.4, 0.5) is 0 Å². The van der Waals surface area contributed by atoms with Crippen LogP contribution in [0.1, 0.15) is 36.5 Å².